The molecule has 33 heavy (non-hydrogen) atoms. The van der Waals surface area contributed by atoms with Gasteiger partial charge in [-0.2, -0.15) is 5.26 Å². The van der Waals surface area contributed by atoms with E-state index in [1.807, 2.05) is 42.5 Å². The van der Waals surface area contributed by atoms with Gasteiger partial charge in [-0.25, -0.2) is 0 Å². The predicted molar refractivity (Wildman–Crippen MR) is 142 cm³/mol. The number of hydrogen-bond donors (Lipinski definition) is 1. The van der Waals surface area contributed by atoms with Gasteiger partial charge in [0.2, 0.25) is 0 Å². The molecule has 0 heterocycles. The normalized spacial score (nSPS) is 11.1. The largest absolute Gasteiger partial charge is 0.496 e. The summed E-state index contributed by atoms with van der Waals surface area (Å²) in [5, 5.41) is 12.4. The summed E-state index contributed by atoms with van der Waals surface area (Å²) in [5.74, 6) is 0.301. The van der Waals surface area contributed by atoms with E-state index >= 15 is 0 Å². The molecule has 0 aliphatic heterocycles. The topological polar surface area (TPSA) is 62.1 Å². The summed E-state index contributed by atoms with van der Waals surface area (Å²) in [4.78, 5) is 12.7. The van der Waals surface area contributed by atoms with Crippen molar-refractivity contribution in [3.8, 4) is 11.8 Å². The molecule has 3 aromatic rings. The zero-order valence-corrected chi connectivity index (χ0v) is 21.5. The molecule has 1 N–H and O–H groups in total. The molecular weight excluding hydrogens is 523 g/mol. The number of nitriles is 1. The van der Waals surface area contributed by atoms with Gasteiger partial charge in [-0.15, -0.1) is 0 Å². The lowest BCUT2D eigenvalue weighted by Gasteiger charge is -2.14. The van der Waals surface area contributed by atoms with E-state index in [1.165, 1.54) is 22.3 Å². The average Bonchev–Trinajstić information content (AvgIpc) is 2.78. The van der Waals surface area contributed by atoms with Crippen molar-refractivity contribution in [3.05, 3.63) is 97.1 Å². The lowest BCUT2D eigenvalue weighted by Crippen LogP contribution is -2.13. The van der Waals surface area contributed by atoms with Crippen LogP contribution in [0.1, 0.15) is 40.3 Å². The molecule has 0 aromatic heterocycles. The van der Waals surface area contributed by atoms with Crippen molar-refractivity contribution >= 4 is 40.3 Å². The van der Waals surface area contributed by atoms with Crippen LogP contribution in [-0.4, -0.2) is 13.0 Å². The third kappa shape index (κ3) is 6.45. The van der Waals surface area contributed by atoms with Crippen LogP contribution in [0.4, 0.5) is 5.69 Å². The summed E-state index contributed by atoms with van der Waals surface area (Å²) >= 11 is 2.29. The van der Waals surface area contributed by atoms with Gasteiger partial charge in [0, 0.05) is 21.2 Å². The highest BCUT2D eigenvalue weighted by molar-refractivity contribution is 14.1. The number of carbonyl (C=O) groups excluding carboxylic acids is 1. The van der Waals surface area contributed by atoms with Crippen molar-refractivity contribution in [2.24, 2.45) is 0 Å². The first kappa shape index (κ1) is 24.5. The summed E-state index contributed by atoms with van der Waals surface area (Å²) in [6.07, 6.45) is 3.27. The maximum atomic E-state index is 12.7. The molecular formula is C28H27IN2O2. The fourth-order valence-corrected chi connectivity index (χ4v) is 4.60. The quantitative estimate of drug-likeness (QED) is 0.205. The molecule has 0 saturated heterocycles. The van der Waals surface area contributed by atoms with E-state index < -0.39 is 5.91 Å². The molecule has 0 unspecified atom stereocenters. The van der Waals surface area contributed by atoms with E-state index in [1.54, 1.807) is 13.2 Å². The molecule has 1 amide bonds. The van der Waals surface area contributed by atoms with E-state index in [9.17, 15) is 10.1 Å². The smallest absolute Gasteiger partial charge is 0.266 e. The third-order valence-corrected chi connectivity index (χ3v) is 6.32. The number of ether oxygens (including phenoxy) is 1. The average molecular weight is 550 g/mol. The van der Waals surface area contributed by atoms with Crippen LogP contribution in [0.3, 0.4) is 0 Å². The van der Waals surface area contributed by atoms with Crippen LogP contribution in [0.15, 0.2) is 60.2 Å². The van der Waals surface area contributed by atoms with Gasteiger partial charge in [-0.1, -0.05) is 48.4 Å². The minimum absolute atomic E-state index is 0.0366. The summed E-state index contributed by atoms with van der Waals surface area (Å²) in [6.45, 7) is 6.27. The van der Waals surface area contributed by atoms with Crippen LogP contribution in [0.2, 0.25) is 0 Å². The number of halogens is 1. The Morgan fingerprint density at radius 3 is 2.30 bits per heavy atom. The third-order valence-electron chi connectivity index (χ3n) is 5.36. The van der Waals surface area contributed by atoms with Gasteiger partial charge < -0.3 is 10.1 Å². The lowest BCUT2D eigenvalue weighted by atomic mass is 9.98. The highest BCUT2D eigenvalue weighted by Crippen LogP contribution is 2.30. The molecule has 0 atom stereocenters. The van der Waals surface area contributed by atoms with Crippen molar-refractivity contribution in [2.45, 2.75) is 33.6 Å². The van der Waals surface area contributed by atoms with Crippen LogP contribution in [0.25, 0.3) is 6.08 Å². The van der Waals surface area contributed by atoms with Crippen molar-refractivity contribution < 1.29 is 9.53 Å². The van der Waals surface area contributed by atoms with E-state index in [-0.39, 0.29) is 5.57 Å². The Labute approximate surface area is 209 Å². The fraction of sp³-hybridized carbons (Fsp3) is 0.214. The summed E-state index contributed by atoms with van der Waals surface area (Å²) in [6, 6.07) is 20.0. The monoisotopic (exact) mass is 550 g/mol. The number of anilines is 1. The highest BCUT2D eigenvalue weighted by atomic mass is 127. The second-order valence-corrected chi connectivity index (χ2v) is 9.19. The molecule has 0 saturated carbocycles. The Balaban J connectivity index is 1.87. The predicted octanol–water partition coefficient (Wildman–Crippen LogP) is 6.62. The zero-order chi connectivity index (χ0) is 24.0. The maximum absolute atomic E-state index is 12.7. The lowest BCUT2D eigenvalue weighted by molar-refractivity contribution is -0.112. The number of rotatable bonds is 7. The van der Waals surface area contributed by atoms with Crippen LogP contribution in [0, 0.1) is 28.7 Å². The van der Waals surface area contributed by atoms with Crippen LogP contribution >= 0.6 is 22.6 Å². The molecule has 0 aliphatic rings. The first-order chi connectivity index (χ1) is 15.8. The molecule has 0 aliphatic carbocycles. The number of benzene rings is 3. The number of carbonyl (C=O) groups is 1. The SMILES string of the molecule is CCc1ccc(NC(=O)/C(C#N)=C/c2cc(I)c(Cc3cc(C)cc(C)c3)c(OC)c2)cc1. The molecule has 168 valence electrons. The molecule has 0 fully saturated rings. The number of nitrogens with one attached hydrogen (secondary N) is 1. The second kappa shape index (κ2) is 11.2. The van der Waals surface area contributed by atoms with Crippen molar-refractivity contribution in [2.75, 3.05) is 12.4 Å². The van der Waals surface area contributed by atoms with Crippen molar-refractivity contribution in [1.82, 2.24) is 0 Å². The van der Waals surface area contributed by atoms with Crippen LogP contribution in [0.5, 0.6) is 5.75 Å². The Morgan fingerprint density at radius 2 is 1.73 bits per heavy atom. The van der Waals surface area contributed by atoms with Gasteiger partial charge in [0.05, 0.1) is 7.11 Å². The molecule has 3 rings (SSSR count). The van der Waals surface area contributed by atoms with Gasteiger partial charge in [0.25, 0.3) is 5.91 Å². The number of amides is 1. The van der Waals surface area contributed by atoms with Gasteiger partial charge in [-0.05, 0) is 89.9 Å². The second-order valence-electron chi connectivity index (χ2n) is 8.03. The fourth-order valence-electron chi connectivity index (χ4n) is 3.78. The van der Waals surface area contributed by atoms with Gasteiger partial charge in [0.15, 0.2) is 0 Å². The van der Waals surface area contributed by atoms with Crippen molar-refractivity contribution in [3.63, 3.8) is 0 Å². The number of hydrogen-bond acceptors (Lipinski definition) is 3. The van der Waals surface area contributed by atoms with E-state index in [2.05, 4.69) is 66.9 Å². The zero-order valence-electron chi connectivity index (χ0n) is 19.3. The highest BCUT2D eigenvalue weighted by Gasteiger charge is 2.14. The van der Waals surface area contributed by atoms with Gasteiger partial charge in [0.1, 0.15) is 17.4 Å². The Bertz CT molecular complexity index is 1220. The standard InChI is InChI=1S/C28H27IN2O2/c1-5-20-6-8-24(9-7-20)31-28(32)23(17-30)13-22-15-26(29)25(27(16-22)33-4)14-21-11-18(2)10-19(3)12-21/h6-13,15-16H,5,14H2,1-4H3,(H,31,32)/b23-13+. The van der Waals surface area contributed by atoms with E-state index in [0.29, 0.717) is 5.69 Å². The van der Waals surface area contributed by atoms with Crippen LogP contribution < -0.4 is 10.1 Å². The molecule has 5 heteroatoms. The van der Waals surface area contributed by atoms with E-state index in [4.69, 9.17) is 4.74 Å². The number of methoxy groups -OCH3 is 1. The Hall–Kier alpha value is -3.11. The van der Waals surface area contributed by atoms with Crippen molar-refractivity contribution in [1.29, 1.82) is 5.26 Å². The molecule has 0 radical (unpaired) electrons. The molecule has 0 bridgehead atoms. The molecule has 4 nitrogen and oxygen atoms in total. The first-order valence-electron chi connectivity index (χ1n) is 10.8. The number of aryl methyl sites for hydroxylation is 3. The first-order valence-corrected chi connectivity index (χ1v) is 11.9. The molecule has 0 spiro atoms. The Morgan fingerprint density at radius 1 is 1.06 bits per heavy atom. The minimum atomic E-state index is -0.435. The molecule has 3 aromatic carbocycles. The van der Waals surface area contributed by atoms with Gasteiger partial charge in [-0.3, -0.25) is 4.79 Å². The summed E-state index contributed by atoms with van der Waals surface area (Å²) < 4.78 is 6.69. The maximum Gasteiger partial charge on any atom is 0.266 e. The Kier molecular flexibility index (Phi) is 8.29. The minimum Gasteiger partial charge on any atom is -0.496 e. The summed E-state index contributed by atoms with van der Waals surface area (Å²) in [7, 11) is 1.64. The summed E-state index contributed by atoms with van der Waals surface area (Å²) in [5.41, 5.74) is 7.39. The van der Waals surface area contributed by atoms with Crippen LogP contribution in [-0.2, 0) is 17.6 Å². The van der Waals surface area contributed by atoms with E-state index in [0.717, 1.165) is 33.3 Å². The number of nitrogens with zero attached hydrogens (tertiary/aromatic N) is 1. The van der Waals surface area contributed by atoms with Gasteiger partial charge >= 0.3 is 0 Å².